The fraction of sp³-hybridized carbons (Fsp3) is 0.364. The fourth-order valence-electron chi connectivity index (χ4n) is 3.83. The molecule has 170 valence electrons. The Kier molecular flexibility index (Phi) is 6.14. The molecular formula is C22H20F5N3O2. The van der Waals surface area contributed by atoms with Crippen LogP contribution in [0, 0.1) is 0 Å². The van der Waals surface area contributed by atoms with Gasteiger partial charge in [0.1, 0.15) is 0 Å². The number of amides is 1. The van der Waals surface area contributed by atoms with E-state index in [0.29, 0.717) is 34.5 Å². The molecule has 0 bridgehead atoms. The number of carbonyl (C=O) groups excluding carboxylic acids is 1. The van der Waals surface area contributed by atoms with Gasteiger partial charge >= 0.3 is 6.18 Å². The number of alkyl halides is 5. The number of hydrogen-bond donors (Lipinski definition) is 1. The van der Waals surface area contributed by atoms with Gasteiger partial charge in [-0.3, -0.25) is 4.79 Å². The quantitative estimate of drug-likeness (QED) is 0.560. The molecule has 3 aromatic rings. The standard InChI is InChI=1S/C22H20F5N3O2/c23-18(24)12-30-17-3-1-2-16(19(17)29-21(30)22(25,26)27)13-4-6-14(7-5-13)20(31)28-15-8-10-32-11-9-15/h1-7,15,18H,8-12H2,(H,28,31). The van der Waals surface area contributed by atoms with E-state index in [9.17, 15) is 26.7 Å². The van der Waals surface area contributed by atoms with Crippen molar-refractivity contribution in [3.8, 4) is 11.1 Å². The van der Waals surface area contributed by atoms with Crippen molar-refractivity contribution in [3.63, 3.8) is 0 Å². The maximum atomic E-state index is 13.4. The molecule has 0 saturated carbocycles. The molecule has 0 atom stereocenters. The van der Waals surface area contributed by atoms with Gasteiger partial charge in [-0.25, -0.2) is 13.8 Å². The Balaban J connectivity index is 1.66. The Labute approximate surface area is 180 Å². The van der Waals surface area contributed by atoms with Crippen LogP contribution in [0.5, 0.6) is 0 Å². The van der Waals surface area contributed by atoms with Crippen molar-refractivity contribution in [1.29, 1.82) is 0 Å². The first-order chi connectivity index (χ1) is 15.2. The molecule has 4 rings (SSSR count). The van der Waals surface area contributed by atoms with Gasteiger partial charge in [-0.1, -0.05) is 24.3 Å². The number of halogens is 5. The summed E-state index contributed by atoms with van der Waals surface area (Å²) in [7, 11) is 0. The Hall–Kier alpha value is -3.01. The van der Waals surface area contributed by atoms with Gasteiger partial charge in [0.05, 0.1) is 17.6 Å². The number of para-hydroxylation sites is 1. The van der Waals surface area contributed by atoms with Crippen LogP contribution < -0.4 is 5.32 Å². The summed E-state index contributed by atoms with van der Waals surface area (Å²) in [5.41, 5.74) is 1.23. The number of rotatable bonds is 5. The van der Waals surface area contributed by atoms with Gasteiger partial charge in [0.25, 0.3) is 12.3 Å². The van der Waals surface area contributed by atoms with E-state index in [1.165, 1.54) is 12.1 Å². The van der Waals surface area contributed by atoms with Gasteiger partial charge < -0.3 is 14.6 Å². The van der Waals surface area contributed by atoms with Gasteiger partial charge in [-0.2, -0.15) is 13.2 Å². The highest BCUT2D eigenvalue weighted by atomic mass is 19.4. The van der Waals surface area contributed by atoms with E-state index in [2.05, 4.69) is 10.3 Å². The number of imidazole rings is 1. The van der Waals surface area contributed by atoms with Gasteiger partial charge in [0.15, 0.2) is 0 Å². The van der Waals surface area contributed by atoms with E-state index in [4.69, 9.17) is 4.74 Å². The number of nitrogens with zero attached hydrogens (tertiary/aromatic N) is 2. The summed E-state index contributed by atoms with van der Waals surface area (Å²) in [5, 5.41) is 2.94. The van der Waals surface area contributed by atoms with Gasteiger partial charge in [0.2, 0.25) is 5.82 Å². The highest BCUT2D eigenvalue weighted by molar-refractivity contribution is 5.96. The Morgan fingerprint density at radius 2 is 1.81 bits per heavy atom. The third-order valence-corrected chi connectivity index (χ3v) is 5.37. The number of aromatic nitrogens is 2. The predicted octanol–water partition coefficient (Wildman–Crippen LogP) is 4.90. The largest absolute Gasteiger partial charge is 0.449 e. The molecule has 1 saturated heterocycles. The number of hydrogen-bond acceptors (Lipinski definition) is 3. The van der Waals surface area contributed by atoms with Crippen LogP contribution in [0.4, 0.5) is 22.0 Å². The molecule has 1 aliphatic rings. The molecule has 0 aliphatic carbocycles. The summed E-state index contributed by atoms with van der Waals surface area (Å²) in [4.78, 5) is 16.1. The van der Waals surface area contributed by atoms with Crippen LogP contribution in [0.15, 0.2) is 42.5 Å². The van der Waals surface area contributed by atoms with E-state index < -0.39 is 25.0 Å². The van der Waals surface area contributed by atoms with E-state index in [1.54, 1.807) is 30.3 Å². The minimum absolute atomic E-state index is 0.0279. The monoisotopic (exact) mass is 453 g/mol. The minimum atomic E-state index is -4.88. The van der Waals surface area contributed by atoms with Gasteiger partial charge in [-0.15, -0.1) is 0 Å². The number of nitrogens with one attached hydrogen (secondary N) is 1. The Morgan fingerprint density at radius 1 is 1.12 bits per heavy atom. The second-order valence-corrected chi connectivity index (χ2v) is 7.55. The van der Waals surface area contributed by atoms with Crippen LogP contribution in [0.1, 0.15) is 29.0 Å². The smallest absolute Gasteiger partial charge is 0.381 e. The second-order valence-electron chi connectivity index (χ2n) is 7.55. The molecule has 1 aliphatic heterocycles. The van der Waals surface area contributed by atoms with Crippen LogP contribution in [0.25, 0.3) is 22.2 Å². The maximum Gasteiger partial charge on any atom is 0.449 e. The molecule has 2 heterocycles. The second kappa shape index (κ2) is 8.85. The van der Waals surface area contributed by atoms with E-state index in [-0.39, 0.29) is 23.0 Å². The number of benzene rings is 2. The lowest BCUT2D eigenvalue weighted by Crippen LogP contribution is -2.38. The van der Waals surface area contributed by atoms with Gasteiger partial charge in [0, 0.05) is 30.4 Å². The minimum Gasteiger partial charge on any atom is -0.381 e. The topological polar surface area (TPSA) is 56.1 Å². The van der Waals surface area contributed by atoms with E-state index >= 15 is 0 Å². The number of ether oxygens (including phenoxy) is 1. The molecule has 1 fully saturated rings. The molecule has 0 radical (unpaired) electrons. The lowest BCUT2D eigenvalue weighted by molar-refractivity contribution is -0.147. The first kappa shape index (κ1) is 22.2. The molecule has 10 heteroatoms. The summed E-state index contributed by atoms with van der Waals surface area (Å²) < 4.78 is 71.9. The van der Waals surface area contributed by atoms with Crippen molar-refractivity contribution >= 4 is 16.9 Å². The average Bonchev–Trinajstić information content (AvgIpc) is 3.13. The van der Waals surface area contributed by atoms with Crippen LogP contribution in [0.2, 0.25) is 0 Å². The molecule has 1 N–H and O–H groups in total. The summed E-state index contributed by atoms with van der Waals surface area (Å²) in [6.45, 7) is 0.0676. The average molecular weight is 453 g/mol. The number of fused-ring (bicyclic) bond motifs is 1. The van der Waals surface area contributed by atoms with Crippen molar-refractivity contribution in [3.05, 3.63) is 53.9 Å². The Morgan fingerprint density at radius 3 is 2.44 bits per heavy atom. The lowest BCUT2D eigenvalue weighted by Gasteiger charge is -2.23. The highest BCUT2D eigenvalue weighted by Crippen LogP contribution is 2.35. The highest BCUT2D eigenvalue weighted by Gasteiger charge is 2.38. The zero-order valence-corrected chi connectivity index (χ0v) is 16.8. The predicted molar refractivity (Wildman–Crippen MR) is 107 cm³/mol. The van der Waals surface area contributed by atoms with Crippen molar-refractivity contribution in [2.24, 2.45) is 0 Å². The summed E-state index contributed by atoms with van der Waals surface area (Å²) >= 11 is 0. The van der Waals surface area contributed by atoms with Gasteiger partial charge in [-0.05, 0) is 36.6 Å². The van der Waals surface area contributed by atoms with Crippen LogP contribution in [-0.2, 0) is 17.5 Å². The molecule has 0 spiro atoms. The Bertz CT molecular complexity index is 1100. The van der Waals surface area contributed by atoms with Crippen molar-refractivity contribution in [2.45, 2.75) is 38.0 Å². The summed E-state index contributed by atoms with van der Waals surface area (Å²) in [6, 6.07) is 10.8. The molecular weight excluding hydrogens is 433 g/mol. The normalized spacial score (nSPS) is 15.4. The van der Waals surface area contributed by atoms with Crippen LogP contribution in [0.3, 0.4) is 0 Å². The SMILES string of the molecule is O=C(NC1CCOCC1)c1ccc(-c2cccc3c2nc(C(F)(F)F)n3CC(F)F)cc1. The third kappa shape index (κ3) is 4.59. The molecule has 2 aromatic carbocycles. The molecule has 32 heavy (non-hydrogen) atoms. The van der Waals surface area contributed by atoms with Crippen molar-refractivity contribution in [2.75, 3.05) is 13.2 Å². The summed E-state index contributed by atoms with van der Waals surface area (Å²) in [5.74, 6) is -1.62. The zero-order chi connectivity index (χ0) is 22.9. The van der Waals surface area contributed by atoms with E-state index in [0.717, 1.165) is 12.8 Å². The fourth-order valence-corrected chi connectivity index (χ4v) is 3.83. The van der Waals surface area contributed by atoms with Crippen LogP contribution >= 0.6 is 0 Å². The molecule has 1 aromatic heterocycles. The molecule has 5 nitrogen and oxygen atoms in total. The zero-order valence-electron chi connectivity index (χ0n) is 16.8. The first-order valence-corrected chi connectivity index (χ1v) is 10.1. The van der Waals surface area contributed by atoms with Crippen LogP contribution in [-0.4, -0.2) is 41.1 Å². The summed E-state index contributed by atoms with van der Waals surface area (Å²) in [6.07, 6.45) is -6.38. The first-order valence-electron chi connectivity index (χ1n) is 10.1. The lowest BCUT2D eigenvalue weighted by atomic mass is 10.0. The molecule has 0 unspecified atom stereocenters. The third-order valence-electron chi connectivity index (χ3n) is 5.37. The number of carbonyl (C=O) groups is 1. The van der Waals surface area contributed by atoms with Crippen molar-refractivity contribution < 1.29 is 31.5 Å². The maximum absolute atomic E-state index is 13.4. The van der Waals surface area contributed by atoms with Crippen molar-refractivity contribution in [1.82, 2.24) is 14.9 Å². The van der Waals surface area contributed by atoms with E-state index in [1.807, 2.05) is 0 Å². The molecule has 1 amide bonds.